The zero-order valence-corrected chi connectivity index (χ0v) is 12.2. The summed E-state index contributed by atoms with van der Waals surface area (Å²) in [7, 11) is 0. The van der Waals surface area contributed by atoms with E-state index in [4.69, 9.17) is 0 Å². The third kappa shape index (κ3) is 2.77. The maximum atomic E-state index is 12.9. The summed E-state index contributed by atoms with van der Waals surface area (Å²) in [5, 5.41) is 2.98. The van der Waals surface area contributed by atoms with Gasteiger partial charge in [0.25, 0.3) is 0 Å². The van der Waals surface area contributed by atoms with Crippen LogP contribution in [0.5, 0.6) is 0 Å². The van der Waals surface area contributed by atoms with Crippen LogP contribution in [-0.2, 0) is 9.59 Å². The summed E-state index contributed by atoms with van der Waals surface area (Å²) >= 11 is 0. The van der Waals surface area contributed by atoms with E-state index in [9.17, 15) is 9.59 Å². The van der Waals surface area contributed by atoms with Gasteiger partial charge in [-0.25, -0.2) is 0 Å². The number of hydrogen-bond acceptors (Lipinski definition) is 2. The first-order chi connectivity index (χ1) is 9.13. The Bertz CT molecular complexity index is 344. The number of nitrogens with one attached hydrogen (secondary N) is 1. The fourth-order valence-corrected chi connectivity index (χ4v) is 3.45. The molecule has 1 heterocycles. The quantitative estimate of drug-likeness (QED) is 0.851. The molecule has 0 unspecified atom stereocenters. The van der Waals surface area contributed by atoms with E-state index < -0.39 is 5.54 Å². The molecular formula is C15H26N2O2. The first kappa shape index (κ1) is 14.4. The van der Waals surface area contributed by atoms with Gasteiger partial charge >= 0.3 is 0 Å². The van der Waals surface area contributed by atoms with Gasteiger partial charge in [-0.05, 0) is 25.7 Å². The normalized spacial score (nSPS) is 25.1. The molecule has 2 fully saturated rings. The zero-order chi connectivity index (χ0) is 13.9. The topological polar surface area (TPSA) is 49.4 Å². The average molecular weight is 266 g/mol. The van der Waals surface area contributed by atoms with Crippen LogP contribution >= 0.6 is 0 Å². The molecule has 1 aliphatic heterocycles. The zero-order valence-electron chi connectivity index (χ0n) is 12.2. The molecule has 1 aliphatic carbocycles. The van der Waals surface area contributed by atoms with Crippen molar-refractivity contribution >= 4 is 11.8 Å². The number of carbonyl (C=O) groups is 2. The largest absolute Gasteiger partial charge is 0.342 e. The smallest absolute Gasteiger partial charge is 0.248 e. The van der Waals surface area contributed by atoms with Gasteiger partial charge in [-0.1, -0.05) is 33.1 Å². The van der Waals surface area contributed by atoms with Crippen LogP contribution in [0, 0.1) is 0 Å². The molecule has 4 nitrogen and oxygen atoms in total. The van der Waals surface area contributed by atoms with Gasteiger partial charge in [0.2, 0.25) is 11.8 Å². The molecule has 0 spiro atoms. The van der Waals surface area contributed by atoms with Crippen molar-refractivity contribution in [1.82, 2.24) is 10.2 Å². The molecule has 108 valence electrons. The number of nitrogens with zero attached hydrogens (tertiary/aromatic N) is 1. The van der Waals surface area contributed by atoms with Crippen molar-refractivity contribution in [3.8, 4) is 0 Å². The van der Waals surface area contributed by atoms with Crippen LogP contribution in [0.15, 0.2) is 0 Å². The molecule has 2 aliphatic rings. The highest BCUT2D eigenvalue weighted by Gasteiger charge is 2.43. The molecule has 0 atom stereocenters. The van der Waals surface area contributed by atoms with Gasteiger partial charge in [-0.3, -0.25) is 9.59 Å². The van der Waals surface area contributed by atoms with Gasteiger partial charge in [0.1, 0.15) is 5.54 Å². The van der Waals surface area contributed by atoms with Crippen molar-refractivity contribution in [2.24, 2.45) is 0 Å². The minimum absolute atomic E-state index is 0.0235. The van der Waals surface area contributed by atoms with Crippen LogP contribution in [-0.4, -0.2) is 34.8 Å². The molecule has 0 bridgehead atoms. The molecule has 1 saturated heterocycles. The highest BCUT2D eigenvalue weighted by atomic mass is 16.2. The van der Waals surface area contributed by atoms with E-state index in [2.05, 4.69) is 5.32 Å². The van der Waals surface area contributed by atoms with Gasteiger partial charge in [0.15, 0.2) is 0 Å². The second-order valence-corrected chi connectivity index (χ2v) is 5.88. The molecule has 19 heavy (non-hydrogen) atoms. The maximum Gasteiger partial charge on any atom is 0.248 e. The van der Waals surface area contributed by atoms with Crippen LogP contribution in [0.2, 0.25) is 0 Å². The number of hydrogen-bond donors (Lipinski definition) is 1. The van der Waals surface area contributed by atoms with Crippen molar-refractivity contribution < 1.29 is 9.59 Å². The van der Waals surface area contributed by atoms with Gasteiger partial charge < -0.3 is 10.2 Å². The second kappa shape index (κ2) is 5.93. The molecule has 1 saturated carbocycles. The lowest BCUT2D eigenvalue weighted by molar-refractivity contribution is -0.141. The Labute approximate surface area is 115 Å². The van der Waals surface area contributed by atoms with Crippen LogP contribution in [0.25, 0.3) is 0 Å². The Morgan fingerprint density at radius 1 is 1.16 bits per heavy atom. The molecule has 0 radical (unpaired) electrons. The number of amides is 2. The summed E-state index contributed by atoms with van der Waals surface area (Å²) in [6.45, 7) is 4.58. The molecule has 1 N–H and O–H groups in total. The van der Waals surface area contributed by atoms with Crippen molar-refractivity contribution in [2.75, 3.05) is 6.54 Å². The Morgan fingerprint density at radius 3 is 2.37 bits per heavy atom. The Kier molecular flexibility index (Phi) is 4.48. The molecule has 0 aromatic carbocycles. The van der Waals surface area contributed by atoms with Gasteiger partial charge in [0.05, 0.1) is 0 Å². The predicted molar refractivity (Wildman–Crippen MR) is 74.7 cm³/mol. The first-order valence-corrected chi connectivity index (χ1v) is 7.75. The number of carbonyl (C=O) groups excluding carboxylic acids is 2. The van der Waals surface area contributed by atoms with E-state index >= 15 is 0 Å². The van der Waals surface area contributed by atoms with E-state index in [0.717, 1.165) is 12.8 Å². The lowest BCUT2D eigenvalue weighted by atomic mass is 9.88. The summed E-state index contributed by atoms with van der Waals surface area (Å²) in [5.41, 5.74) is -0.662. The highest BCUT2D eigenvalue weighted by molar-refractivity contribution is 5.93. The summed E-state index contributed by atoms with van der Waals surface area (Å²) in [6, 6.07) is 0.353. The van der Waals surface area contributed by atoms with Crippen LogP contribution in [0.3, 0.4) is 0 Å². The van der Waals surface area contributed by atoms with Gasteiger partial charge in [0, 0.05) is 19.0 Å². The fourth-order valence-electron chi connectivity index (χ4n) is 3.45. The summed E-state index contributed by atoms with van der Waals surface area (Å²) in [4.78, 5) is 26.8. The molecule has 2 rings (SSSR count). The van der Waals surface area contributed by atoms with Gasteiger partial charge in [-0.2, -0.15) is 0 Å². The van der Waals surface area contributed by atoms with E-state index in [1.807, 2.05) is 18.7 Å². The first-order valence-electron chi connectivity index (χ1n) is 7.75. The predicted octanol–water partition coefficient (Wildman–Crippen LogP) is 2.23. The fraction of sp³-hybridized carbons (Fsp3) is 0.867. The van der Waals surface area contributed by atoms with Gasteiger partial charge in [-0.15, -0.1) is 0 Å². The lowest BCUT2D eigenvalue weighted by Crippen LogP contribution is -2.58. The molecular weight excluding hydrogens is 240 g/mol. The Hall–Kier alpha value is -1.06. The second-order valence-electron chi connectivity index (χ2n) is 5.88. The molecule has 2 amide bonds. The molecule has 4 heteroatoms. The monoisotopic (exact) mass is 266 g/mol. The molecule has 0 aromatic rings. The lowest BCUT2D eigenvalue weighted by Gasteiger charge is -2.39. The molecule has 0 aromatic heterocycles. The summed E-state index contributed by atoms with van der Waals surface area (Å²) < 4.78 is 0. The van der Waals surface area contributed by atoms with Crippen LogP contribution in [0.4, 0.5) is 0 Å². The highest BCUT2D eigenvalue weighted by Crippen LogP contribution is 2.28. The minimum atomic E-state index is -0.662. The van der Waals surface area contributed by atoms with Crippen molar-refractivity contribution in [2.45, 2.75) is 76.8 Å². The van der Waals surface area contributed by atoms with E-state index in [1.54, 1.807) is 0 Å². The summed E-state index contributed by atoms with van der Waals surface area (Å²) in [5.74, 6) is 0.172. The third-order valence-corrected chi connectivity index (χ3v) is 4.85. The number of rotatable bonds is 3. The van der Waals surface area contributed by atoms with Crippen LogP contribution < -0.4 is 5.32 Å². The van der Waals surface area contributed by atoms with E-state index in [0.29, 0.717) is 31.8 Å². The van der Waals surface area contributed by atoms with Crippen molar-refractivity contribution in [1.29, 1.82) is 0 Å². The maximum absolute atomic E-state index is 12.9. The van der Waals surface area contributed by atoms with Crippen molar-refractivity contribution in [3.63, 3.8) is 0 Å². The van der Waals surface area contributed by atoms with Crippen LogP contribution in [0.1, 0.15) is 65.2 Å². The SMILES string of the molecule is CCC1(CC)NC(=O)CCN(C2CCCCC2)C1=O. The van der Waals surface area contributed by atoms with E-state index in [-0.39, 0.29) is 11.8 Å². The Morgan fingerprint density at radius 2 is 1.79 bits per heavy atom. The average Bonchev–Trinajstić information content (AvgIpc) is 2.57. The van der Waals surface area contributed by atoms with Crippen molar-refractivity contribution in [3.05, 3.63) is 0 Å². The van der Waals surface area contributed by atoms with E-state index in [1.165, 1.54) is 19.3 Å². The Balaban J connectivity index is 2.22. The minimum Gasteiger partial charge on any atom is -0.342 e. The standard InChI is InChI=1S/C15H26N2O2/c1-3-15(4-2)14(19)17(11-10-13(18)16-15)12-8-6-5-7-9-12/h12H,3-11H2,1-2H3,(H,16,18). The third-order valence-electron chi connectivity index (χ3n) is 4.85. The summed E-state index contributed by atoms with van der Waals surface area (Å²) in [6.07, 6.45) is 7.70.